The number of anilines is 1. The van der Waals surface area contributed by atoms with Gasteiger partial charge >= 0.3 is 5.97 Å². The molecule has 2 aromatic carbocycles. The summed E-state index contributed by atoms with van der Waals surface area (Å²) in [5.74, 6) is 0.0482. The van der Waals surface area contributed by atoms with E-state index >= 15 is 0 Å². The SMILES string of the molecule is CC(c1ccccc1)C(C(=O)OC(C)(C)C)N1CCC(N2CCN(c3ccc(C(=N)N)cc3)CC2)CC1. The zero-order valence-corrected chi connectivity index (χ0v) is 22.8. The topological polar surface area (TPSA) is 85.9 Å². The predicted molar refractivity (Wildman–Crippen MR) is 150 cm³/mol. The first-order valence-electron chi connectivity index (χ1n) is 13.6. The molecule has 2 fully saturated rings. The van der Waals surface area contributed by atoms with Gasteiger partial charge in [-0.2, -0.15) is 0 Å². The standard InChI is InChI=1S/C30H43N5O2/c1-22(23-8-6-5-7-9-23)27(29(36)37-30(2,3)4)35-16-14-26(15-17-35)34-20-18-33(19-21-34)25-12-10-24(11-13-25)28(31)32/h5-13,22,26-27H,14-21H2,1-4H3,(H3,31,32). The average molecular weight is 506 g/mol. The number of amidine groups is 1. The van der Waals surface area contributed by atoms with Crippen LogP contribution in [-0.2, 0) is 9.53 Å². The van der Waals surface area contributed by atoms with E-state index in [1.54, 1.807) is 0 Å². The molecule has 0 bridgehead atoms. The second kappa shape index (κ2) is 11.7. The molecule has 4 rings (SSSR count). The smallest absolute Gasteiger partial charge is 0.324 e. The number of nitrogens with zero attached hydrogens (tertiary/aromatic N) is 3. The van der Waals surface area contributed by atoms with E-state index in [-0.39, 0.29) is 23.8 Å². The highest BCUT2D eigenvalue weighted by Crippen LogP contribution is 2.30. The number of nitrogen functional groups attached to an aromatic ring is 1. The van der Waals surface area contributed by atoms with Crippen molar-refractivity contribution < 1.29 is 9.53 Å². The van der Waals surface area contributed by atoms with E-state index in [0.717, 1.165) is 57.7 Å². The summed E-state index contributed by atoms with van der Waals surface area (Å²) in [5.41, 5.74) is 8.22. The Morgan fingerprint density at radius 3 is 2.08 bits per heavy atom. The minimum Gasteiger partial charge on any atom is -0.459 e. The van der Waals surface area contributed by atoms with E-state index in [0.29, 0.717) is 6.04 Å². The molecule has 2 aliphatic rings. The second-order valence-electron chi connectivity index (χ2n) is 11.4. The highest BCUT2D eigenvalue weighted by Gasteiger charge is 2.38. The lowest BCUT2D eigenvalue weighted by Gasteiger charge is -2.45. The van der Waals surface area contributed by atoms with Crippen LogP contribution in [0.2, 0.25) is 0 Å². The van der Waals surface area contributed by atoms with Gasteiger partial charge in [0.25, 0.3) is 0 Å². The molecular formula is C30H43N5O2. The van der Waals surface area contributed by atoms with Crippen molar-refractivity contribution in [1.82, 2.24) is 9.80 Å². The maximum absolute atomic E-state index is 13.4. The highest BCUT2D eigenvalue weighted by molar-refractivity contribution is 5.95. The molecule has 0 aromatic heterocycles. The van der Waals surface area contributed by atoms with Crippen molar-refractivity contribution in [3.05, 3.63) is 65.7 Å². The number of nitrogens with one attached hydrogen (secondary N) is 1. The van der Waals surface area contributed by atoms with Gasteiger partial charge in [-0.05, 0) is 63.4 Å². The monoisotopic (exact) mass is 505 g/mol. The first-order chi connectivity index (χ1) is 17.6. The van der Waals surface area contributed by atoms with Crippen LogP contribution in [0.5, 0.6) is 0 Å². The largest absolute Gasteiger partial charge is 0.459 e. The van der Waals surface area contributed by atoms with Gasteiger partial charge in [-0.15, -0.1) is 0 Å². The summed E-state index contributed by atoms with van der Waals surface area (Å²) < 4.78 is 5.90. The van der Waals surface area contributed by atoms with Crippen LogP contribution in [0.15, 0.2) is 54.6 Å². The quantitative estimate of drug-likeness (QED) is 0.335. The number of likely N-dealkylation sites (tertiary alicyclic amines) is 1. The molecule has 200 valence electrons. The fourth-order valence-electron chi connectivity index (χ4n) is 5.70. The molecule has 7 heteroatoms. The molecule has 0 spiro atoms. The van der Waals surface area contributed by atoms with Crippen LogP contribution in [0.25, 0.3) is 0 Å². The molecule has 0 radical (unpaired) electrons. The van der Waals surface area contributed by atoms with E-state index in [4.69, 9.17) is 15.9 Å². The Labute approximate surface area is 222 Å². The third-order valence-corrected chi connectivity index (χ3v) is 7.71. The number of piperidine rings is 1. The molecule has 7 nitrogen and oxygen atoms in total. The van der Waals surface area contributed by atoms with Crippen molar-refractivity contribution in [2.45, 2.75) is 64.1 Å². The summed E-state index contributed by atoms with van der Waals surface area (Å²) >= 11 is 0. The normalized spacial score (nSPS) is 19.8. The van der Waals surface area contributed by atoms with Gasteiger partial charge in [0.15, 0.2) is 0 Å². The van der Waals surface area contributed by atoms with Crippen LogP contribution >= 0.6 is 0 Å². The Kier molecular flexibility index (Phi) is 8.55. The van der Waals surface area contributed by atoms with Crippen LogP contribution in [0.3, 0.4) is 0 Å². The van der Waals surface area contributed by atoms with Crippen molar-refractivity contribution in [3.63, 3.8) is 0 Å². The fourth-order valence-corrected chi connectivity index (χ4v) is 5.70. The fraction of sp³-hybridized carbons (Fsp3) is 0.533. The second-order valence-corrected chi connectivity index (χ2v) is 11.4. The van der Waals surface area contributed by atoms with Gasteiger partial charge in [-0.3, -0.25) is 20.0 Å². The lowest BCUT2D eigenvalue weighted by Crippen LogP contribution is -2.56. The molecule has 2 atom stereocenters. The highest BCUT2D eigenvalue weighted by atomic mass is 16.6. The summed E-state index contributed by atoms with van der Waals surface area (Å²) in [5, 5.41) is 7.59. The molecule has 2 heterocycles. The number of benzene rings is 2. The van der Waals surface area contributed by atoms with Crippen LogP contribution in [0, 0.1) is 5.41 Å². The van der Waals surface area contributed by atoms with Crippen molar-refractivity contribution in [3.8, 4) is 0 Å². The van der Waals surface area contributed by atoms with E-state index in [9.17, 15) is 4.79 Å². The van der Waals surface area contributed by atoms with Crippen molar-refractivity contribution in [1.29, 1.82) is 5.41 Å². The average Bonchev–Trinajstić information content (AvgIpc) is 2.89. The van der Waals surface area contributed by atoms with Crippen LogP contribution in [0.4, 0.5) is 5.69 Å². The van der Waals surface area contributed by atoms with Gasteiger partial charge in [0.2, 0.25) is 0 Å². The number of ether oxygens (including phenoxy) is 1. The Bertz CT molecular complexity index is 1030. The predicted octanol–water partition coefficient (Wildman–Crippen LogP) is 4.07. The minimum absolute atomic E-state index is 0.0607. The zero-order chi connectivity index (χ0) is 26.6. The minimum atomic E-state index is -0.504. The van der Waals surface area contributed by atoms with Crippen LogP contribution in [-0.4, -0.2) is 78.6 Å². The van der Waals surface area contributed by atoms with Gasteiger partial charge in [-0.25, -0.2) is 0 Å². The molecule has 2 saturated heterocycles. The summed E-state index contributed by atoms with van der Waals surface area (Å²) in [6.07, 6.45) is 2.13. The molecule has 2 unspecified atom stereocenters. The Morgan fingerprint density at radius 1 is 0.946 bits per heavy atom. The first kappa shape index (κ1) is 27.1. The number of piperazine rings is 1. The lowest BCUT2D eigenvalue weighted by atomic mass is 9.90. The Hall–Kier alpha value is -2.90. The summed E-state index contributed by atoms with van der Waals surface area (Å²) in [6, 6.07) is 18.6. The van der Waals surface area contributed by atoms with Gasteiger partial charge in [0.05, 0.1) is 0 Å². The number of hydrogen-bond acceptors (Lipinski definition) is 6. The lowest BCUT2D eigenvalue weighted by molar-refractivity contribution is -0.163. The number of rotatable bonds is 7. The van der Waals surface area contributed by atoms with E-state index < -0.39 is 5.60 Å². The number of esters is 1. The van der Waals surface area contributed by atoms with E-state index in [1.165, 1.54) is 11.3 Å². The van der Waals surface area contributed by atoms with Crippen LogP contribution in [0.1, 0.15) is 57.6 Å². The van der Waals surface area contributed by atoms with Gasteiger partial charge in [-0.1, -0.05) is 37.3 Å². The molecule has 2 aliphatic heterocycles. The first-order valence-corrected chi connectivity index (χ1v) is 13.6. The Morgan fingerprint density at radius 2 is 1.54 bits per heavy atom. The van der Waals surface area contributed by atoms with Gasteiger partial charge in [0, 0.05) is 62.5 Å². The van der Waals surface area contributed by atoms with Crippen LogP contribution < -0.4 is 10.6 Å². The van der Waals surface area contributed by atoms with E-state index in [2.05, 4.69) is 45.9 Å². The Balaban J connectivity index is 1.35. The summed E-state index contributed by atoms with van der Waals surface area (Å²) in [4.78, 5) is 20.8. The third-order valence-electron chi connectivity index (χ3n) is 7.71. The van der Waals surface area contributed by atoms with E-state index in [1.807, 2.05) is 51.1 Å². The summed E-state index contributed by atoms with van der Waals surface area (Å²) in [6.45, 7) is 13.8. The maximum atomic E-state index is 13.4. The third kappa shape index (κ3) is 6.90. The van der Waals surface area contributed by atoms with Crippen molar-refractivity contribution >= 4 is 17.5 Å². The van der Waals surface area contributed by atoms with Crippen molar-refractivity contribution in [2.75, 3.05) is 44.2 Å². The van der Waals surface area contributed by atoms with Gasteiger partial charge < -0.3 is 15.4 Å². The maximum Gasteiger partial charge on any atom is 0.324 e. The van der Waals surface area contributed by atoms with Gasteiger partial charge in [0.1, 0.15) is 17.5 Å². The molecule has 0 amide bonds. The zero-order valence-electron chi connectivity index (χ0n) is 22.8. The summed E-state index contributed by atoms with van der Waals surface area (Å²) in [7, 11) is 0. The molecule has 2 aromatic rings. The molecule has 0 aliphatic carbocycles. The number of carbonyl (C=O) groups is 1. The molecule has 0 saturated carbocycles. The number of hydrogen-bond donors (Lipinski definition) is 2. The molecular weight excluding hydrogens is 462 g/mol. The number of nitrogens with two attached hydrogens (primary N) is 1. The van der Waals surface area contributed by atoms with Crippen molar-refractivity contribution in [2.24, 2.45) is 5.73 Å². The molecule has 3 N–H and O–H groups in total. The number of carbonyl (C=O) groups excluding carboxylic acids is 1. The molecule has 37 heavy (non-hydrogen) atoms.